The standard InChI is InChI=1S/C8H19NO4S/c1-8(7-9)14(10,11)6-5-13-4-3-12-2/h8H,3-7,9H2,1-2H3. The first-order valence-corrected chi connectivity index (χ1v) is 6.24. The molecule has 0 rings (SSSR count). The Balaban J connectivity index is 3.67. The molecule has 5 nitrogen and oxygen atoms in total. The molecule has 0 aromatic rings. The van der Waals surface area contributed by atoms with Crippen LogP contribution in [0.4, 0.5) is 0 Å². The number of hydrogen-bond donors (Lipinski definition) is 1. The summed E-state index contributed by atoms with van der Waals surface area (Å²) in [5.74, 6) is 0.0229. The first kappa shape index (κ1) is 13.8. The largest absolute Gasteiger partial charge is 0.382 e. The Bertz CT molecular complexity index is 227. The molecule has 0 aliphatic heterocycles. The van der Waals surface area contributed by atoms with E-state index in [1.54, 1.807) is 14.0 Å². The minimum atomic E-state index is -3.09. The van der Waals surface area contributed by atoms with Gasteiger partial charge in [-0.05, 0) is 6.92 Å². The van der Waals surface area contributed by atoms with Crippen LogP contribution in [0, 0.1) is 0 Å². The lowest BCUT2D eigenvalue weighted by atomic mass is 10.5. The van der Waals surface area contributed by atoms with Crippen molar-refractivity contribution < 1.29 is 17.9 Å². The van der Waals surface area contributed by atoms with E-state index in [0.717, 1.165) is 0 Å². The van der Waals surface area contributed by atoms with Crippen LogP contribution in [-0.2, 0) is 19.3 Å². The molecule has 0 radical (unpaired) electrons. The highest BCUT2D eigenvalue weighted by atomic mass is 32.2. The van der Waals surface area contributed by atoms with Crippen molar-refractivity contribution in [2.24, 2.45) is 5.73 Å². The van der Waals surface area contributed by atoms with Gasteiger partial charge in [-0.3, -0.25) is 0 Å². The minimum absolute atomic E-state index is 0.0229. The molecule has 0 saturated heterocycles. The first-order chi connectivity index (χ1) is 6.54. The Hall–Kier alpha value is -0.170. The smallest absolute Gasteiger partial charge is 0.156 e. The van der Waals surface area contributed by atoms with Gasteiger partial charge in [0, 0.05) is 13.7 Å². The maximum absolute atomic E-state index is 11.4. The summed E-state index contributed by atoms with van der Waals surface area (Å²) in [6, 6.07) is 0. The number of rotatable bonds is 8. The molecule has 0 spiro atoms. The maximum atomic E-state index is 11.4. The highest BCUT2D eigenvalue weighted by Gasteiger charge is 2.18. The monoisotopic (exact) mass is 225 g/mol. The highest BCUT2D eigenvalue weighted by Crippen LogP contribution is 1.99. The van der Waals surface area contributed by atoms with Gasteiger partial charge in [-0.15, -0.1) is 0 Å². The van der Waals surface area contributed by atoms with Crippen molar-refractivity contribution in [2.45, 2.75) is 12.2 Å². The summed E-state index contributed by atoms with van der Waals surface area (Å²) in [5, 5.41) is -0.492. The quantitative estimate of drug-likeness (QED) is 0.559. The summed E-state index contributed by atoms with van der Waals surface area (Å²) >= 11 is 0. The van der Waals surface area contributed by atoms with Gasteiger partial charge in [0.15, 0.2) is 9.84 Å². The van der Waals surface area contributed by atoms with E-state index in [9.17, 15) is 8.42 Å². The van der Waals surface area contributed by atoms with Crippen molar-refractivity contribution in [3.05, 3.63) is 0 Å². The number of nitrogens with two attached hydrogens (primary N) is 1. The van der Waals surface area contributed by atoms with Crippen molar-refractivity contribution in [1.82, 2.24) is 0 Å². The van der Waals surface area contributed by atoms with Gasteiger partial charge in [0.25, 0.3) is 0 Å². The molecule has 0 aromatic heterocycles. The molecular weight excluding hydrogens is 206 g/mol. The van der Waals surface area contributed by atoms with E-state index < -0.39 is 15.1 Å². The van der Waals surface area contributed by atoms with Crippen molar-refractivity contribution in [1.29, 1.82) is 0 Å². The van der Waals surface area contributed by atoms with E-state index in [1.165, 1.54) is 0 Å². The molecule has 0 aliphatic carbocycles. The van der Waals surface area contributed by atoms with Gasteiger partial charge in [0.2, 0.25) is 0 Å². The predicted molar refractivity (Wildman–Crippen MR) is 55.0 cm³/mol. The molecule has 14 heavy (non-hydrogen) atoms. The SMILES string of the molecule is COCCOCCS(=O)(=O)C(C)CN. The van der Waals surface area contributed by atoms with E-state index >= 15 is 0 Å². The molecule has 1 atom stereocenters. The maximum Gasteiger partial charge on any atom is 0.156 e. The normalized spacial score (nSPS) is 14.2. The third-order valence-corrected chi connectivity index (χ3v) is 4.04. The number of methoxy groups -OCH3 is 1. The Morgan fingerprint density at radius 1 is 1.29 bits per heavy atom. The van der Waals surface area contributed by atoms with Gasteiger partial charge in [-0.2, -0.15) is 0 Å². The zero-order valence-corrected chi connectivity index (χ0v) is 9.55. The van der Waals surface area contributed by atoms with Crippen LogP contribution in [0.3, 0.4) is 0 Å². The fraction of sp³-hybridized carbons (Fsp3) is 1.00. The van der Waals surface area contributed by atoms with Crippen LogP contribution in [-0.4, -0.2) is 52.9 Å². The second-order valence-electron chi connectivity index (χ2n) is 3.02. The van der Waals surface area contributed by atoms with Crippen molar-refractivity contribution >= 4 is 9.84 Å². The topological polar surface area (TPSA) is 78.6 Å². The van der Waals surface area contributed by atoms with E-state index in [1.807, 2.05) is 0 Å². The summed E-state index contributed by atoms with van der Waals surface area (Å²) < 4.78 is 32.6. The average molecular weight is 225 g/mol. The lowest BCUT2D eigenvalue weighted by Crippen LogP contribution is -2.30. The van der Waals surface area contributed by atoms with E-state index in [4.69, 9.17) is 15.2 Å². The Kier molecular flexibility index (Phi) is 7.08. The second kappa shape index (κ2) is 7.17. The molecule has 6 heteroatoms. The predicted octanol–water partition coefficient (Wildman–Crippen LogP) is -0.589. The summed E-state index contributed by atoms with van der Waals surface area (Å²) in [6.45, 7) is 2.86. The fourth-order valence-corrected chi connectivity index (χ4v) is 1.81. The molecule has 2 N–H and O–H groups in total. The second-order valence-corrected chi connectivity index (χ2v) is 5.56. The molecule has 0 aliphatic rings. The van der Waals surface area contributed by atoms with Gasteiger partial charge >= 0.3 is 0 Å². The first-order valence-electron chi connectivity index (χ1n) is 4.53. The van der Waals surface area contributed by atoms with Crippen molar-refractivity contribution in [2.75, 3.05) is 39.2 Å². The zero-order valence-electron chi connectivity index (χ0n) is 8.73. The fourth-order valence-electron chi connectivity index (χ4n) is 0.767. The highest BCUT2D eigenvalue weighted by molar-refractivity contribution is 7.92. The van der Waals surface area contributed by atoms with E-state index in [0.29, 0.717) is 13.2 Å². The van der Waals surface area contributed by atoms with Crippen LogP contribution in [0.15, 0.2) is 0 Å². The van der Waals surface area contributed by atoms with Gasteiger partial charge in [0.05, 0.1) is 30.8 Å². The Morgan fingerprint density at radius 2 is 1.93 bits per heavy atom. The average Bonchev–Trinajstić information content (AvgIpc) is 2.16. The van der Waals surface area contributed by atoms with Gasteiger partial charge in [-0.25, -0.2) is 8.42 Å². The molecule has 86 valence electrons. The lowest BCUT2D eigenvalue weighted by Gasteiger charge is -2.10. The number of hydrogen-bond acceptors (Lipinski definition) is 5. The molecule has 0 aromatic carbocycles. The van der Waals surface area contributed by atoms with Crippen LogP contribution in [0.5, 0.6) is 0 Å². The zero-order chi connectivity index (χ0) is 11.0. The molecule has 0 amide bonds. The van der Waals surface area contributed by atoms with Crippen molar-refractivity contribution in [3.8, 4) is 0 Å². The van der Waals surface area contributed by atoms with Crippen LogP contribution in [0.1, 0.15) is 6.92 Å². The molecular formula is C8H19NO4S. The van der Waals surface area contributed by atoms with Crippen LogP contribution in [0.2, 0.25) is 0 Å². The van der Waals surface area contributed by atoms with Crippen LogP contribution in [0.25, 0.3) is 0 Å². The summed E-state index contributed by atoms with van der Waals surface area (Å²) in [4.78, 5) is 0. The molecule has 0 bridgehead atoms. The summed E-state index contributed by atoms with van der Waals surface area (Å²) in [5.41, 5.74) is 5.27. The van der Waals surface area contributed by atoms with Crippen LogP contribution >= 0.6 is 0 Å². The lowest BCUT2D eigenvalue weighted by molar-refractivity contribution is 0.0784. The third-order valence-electron chi connectivity index (χ3n) is 1.89. The van der Waals surface area contributed by atoms with E-state index in [2.05, 4.69) is 0 Å². The molecule has 0 saturated carbocycles. The Labute approximate surface area is 85.5 Å². The summed E-state index contributed by atoms with van der Waals surface area (Å²) in [7, 11) is -1.52. The Morgan fingerprint density at radius 3 is 2.43 bits per heavy atom. The van der Waals surface area contributed by atoms with Gasteiger partial charge in [-0.1, -0.05) is 0 Å². The number of sulfone groups is 1. The minimum Gasteiger partial charge on any atom is -0.382 e. The number of ether oxygens (including phenoxy) is 2. The molecule has 0 fully saturated rings. The van der Waals surface area contributed by atoms with Gasteiger partial charge < -0.3 is 15.2 Å². The summed E-state index contributed by atoms with van der Waals surface area (Å²) in [6.07, 6.45) is 0. The third kappa shape index (κ3) is 5.54. The van der Waals surface area contributed by atoms with E-state index in [-0.39, 0.29) is 18.9 Å². The van der Waals surface area contributed by atoms with Crippen molar-refractivity contribution in [3.63, 3.8) is 0 Å². The van der Waals surface area contributed by atoms with Crippen LogP contribution < -0.4 is 5.73 Å². The molecule has 1 unspecified atom stereocenters. The van der Waals surface area contributed by atoms with Gasteiger partial charge in [0.1, 0.15) is 0 Å². The molecule has 0 heterocycles.